The number of aryl methyl sites for hydroxylation is 1. The molecule has 1 saturated heterocycles. The van der Waals surface area contributed by atoms with Gasteiger partial charge in [0.25, 0.3) is 5.91 Å². The molecular formula is C21H18ClN3O2S2. The van der Waals surface area contributed by atoms with Crippen molar-refractivity contribution in [3.63, 3.8) is 0 Å². The molecule has 0 aliphatic carbocycles. The molecule has 3 heterocycles. The van der Waals surface area contributed by atoms with Crippen molar-refractivity contribution in [2.24, 2.45) is 0 Å². The monoisotopic (exact) mass is 443 g/mol. The standard InChI is InChI=1S/C21H18ClN3O2S2/c1-12-8-9-14(22)18-17(12)24-21(29-18)25(11-13-5-4-10-27-13)20(26)19-23-15-6-2-3-7-16(15)28-19/h2-3,6-9,13H,4-5,10-11H2,1H3. The second-order valence-electron chi connectivity index (χ2n) is 7.08. The van der Waals surface area contributed by atoms with Crippen LogP contribution in [0.5, 0.6) is 0 Å². The number of nitrogens with zero attached hydrogens (tertiary/aromatic N) is 3. The Morgan fingerprint density at radius 1 is 1.24 bits per heavy atom. The number of hydrogen-bond donors (Lipinski definition) is 0. The van der Waals surface area contributed by atoms with Gasteiger partial charge in [-0.05, 0) is 43.5 Å². The van der Waals surface area contributed by atoms with Gasteiger partial charge in [-0.2, -0.15) is 0 Å². The smallest absolute Gasteiger partial charge is 0.289 e. The number of benzene rings is 2. The summed E-state index contributed by atoms with van der Waals surface area (Å²) in [4.78, 5) is 24.6. The lowest BCUT2D eigenvalue weighted by atomic mass is 10.2. The molecule has 0 N–H and O–H groups in total. The molecule has 1 aliphatic rings. The lowest BCUT2D eigenvalue weighted by molar-refractivity contribution is 0.0917. The zero-order valence-electron chi connectivity index (χ0n) is 15.7. The van der Waals surface area contributed by atoms with Gasteiger partial charge in [0.1, 0.15) is 0 Å². The first-order valence-corrected chi connectivity index (χ1v) is 11.5. The van der Waals surface area contributed by atoms with Gasteiger partial charge < -0.3 is 4.74 Å². The molecular weight excluding hydrogens is 426 g/mol. The van der Waals surface area contributed by atoms with E-state index in [4.69, 9.17) is 21.3 Å². The van der Waals surface area contributed by atoms with Crippen LogP contribution in [0.15, 0.2) is 36.4 Å². The molecule has 8 heteroatoms. The molecule has 5 nitrogen and oxygen atoms in total. The van der Waals surface area contributed by atoms with Crippen molar-refractivity contribution < 1.29 is 9.53 Å². The maximum Gasteiger partial charge on any atom is 0.289 e. The third-order valence-electron chi connectivity index (χ3n) is 5.05. The van der Waals surface area contributed by atoms with E-state index in [9.17, 15) is 4.79 Å². The van der Waals surface area contributed by atoms with Crippen LogP contribution in [0, 0.1) is 6.92 Å². The number of halogens is 1. The average molecular weight is 444 g/mol. The van der Waals surface area contributed by atoms with E-state index in [1.165, 1.54) is 22.7 Å². The molecule has 1 amide bonds. The summed E-state index contributed by atoms with van der Waals surface area (Å²) < 4.78 is 7.71. The molecule has 148 valence electrons. The normalized spacial score (nSPS) is 16.7. The van der Waals surface area contributed by atoms with Crippen LogP contribution in [-0.2, 0) is 4.74 Å². The number of amides is 1. The number of aromatic nitrogens is 2. The van der Waals surface area contributed by atoms with Crippen molar-refractivity contribution >= 4 is 65.7 Å². The van der Waals surface area contributed by atoms with Gasteiger partial charge in [0.2, 0.25) is 0 Å². The van der Waals surface area contributed by atoms with Crippen molar-refractivity contribution in [2.75, 3.05) is 18.1 Å². The molecule has 2 aromatic carbocycles. The Labute approximate surface area is 180 Å². The van der Waals surface area contributed by atoms with Gasteiger partial charge in [0.15, 0.2) is 10.1 Å². The predicted octanol–water partition coefficient (Wildman–Crippen LogP) is 5.69. The van der Waals surface area contributed by atoms with Gasteiger partial charge >= 0.3 is 0 Å². The molecule has 0 spiro atoms. The Balaban J connectivity index is 1.58. The third kappa shape index (κ3) is 3.53. The summed E-state index contributed by atoms with van der Waals surface area (Å²) in [7, 11) is 0. The average Bonchev–Trinajstić information content (AvgIpc) is 3.47. The molecule has 1 aliphatic heterocycles. The number of rotatable bonds is 4. The minimum Gasteiger partial charge on any atom is -0.376 e. The lowest BCUT2D eigenvalue weighted by Crippen LogP contribution is -2.37. The molecule has 5 rings (SSSR count). The van der Waals surface area contributed by atoms with E-state index in [-0.39, 0.29) is 12.0 Å². The zero-order chi connectivity index (χ0) is 20.0. The summed E-state index contributed by atoms with van der Waals surface area (Å²) in [5.41, 5.74) is 2.71. The number of anilines is 1. The summed E-state index contributed by atoms with van der Waals surface area (Å²) in [6, 6.07) is 11.6. The van der Waals surface area contributed by atoms with Crippen LogP contribution in [-0.4, -0.2) is 35.1 Å². The molecule has 1 fully saturated rings. The fraction of sp³-hybridized carbons (Fsp3) is 0.286. The van der Waals surface area contributed by atoms with E-state index in [0.29, 0.717) is 21.7 Å². The maximum atomic E-state index is 13.5. The molecule has 0 bridgehead atoms. The largest absolute Gasteiger partial charge is 0.376 e. The van der Waals surface area contributed by atoms with Crippen LogP contribution in [0.2, 0.25) is 5.02 Å². The Bertz CT molecular complexity index is 1140. The van der Waals surface area contributed by atoms with Gasteiger partial charge in [0.05, 0.1) is 38.1 Å². The number of para-hydroxylation sites is 1. The van der Waals surface area contributed by atoms with Crippen molar-refractivity contribution in [1.29, 1.82) is 0 Å². The van der Waals surface area contributed by atoms with Crippen molar-refractivity contribution in [2.45, 2.75) is 25.9 Å². The number of carbonyl (C=O) groups excluding carboxylic acids is 1. The number of ether oxygens (including phenoxy) is 1. The zero-order valence-corrected chi connectivity index (χ0v) is 18.1. The van der Waals surface area contributed by atoms with Crippen molar-refractivity contribution in [1.82, 2.24) is 9.97 Å². The Morgan fingerprint density at radius 3 is 2.86 bits per heavy atom. The van der Waals surface area contributed by atoms with Crippen LogP contribution in [0.25, 0.3) is 20.4 Å². The molecule has 2 aromatic heterocycles. The second-order valence-corrected chi connectivity index (χ2v) is 9.49. The SMILES string of the molecule is Cc1ccc(Cl)c2sc(N(CC3CCCO3)C(=O)c3nc4ccccc4s3)nc12. The van der Waals surface area contributed by atoms with E-state index in [2.05, 4.69) is 4.98 Å². The molecule has 0 saturated carbocycles. The summed E-state index contributed by atoms with van der Waals surface area (Å²) in [6.45, 7) is 3.20. The predicted molar refractivity (Wildman–Crippen MR) is 120 cm³/mol. The highest BCUT2D eigenvalue weighted by Crippen LogP contribution is 2.37. The quantitative estimate of drug-likeness (QED) is 0.406. The molecule has 0 radical (unpaired) electrons. The number of thiazole rings is 2. The van der Waals surface area contributed by atoms with Crippen molar-refractivity contribution in [3.05, 3.63) is 52.0 Å². The van der Waals surface area contributed by atoms with Gasteiger partial charge in [-0.3, -0.25) is 9.69 Å². The molecule has 1 atom stereocenters. The highest BCUT2D eigenvalue weighted by Gasteiger charge is 2.29. The van der Waals surface area contributed by atoms with E-state index in [1.807, 2.05) is 43.3 Å². The van der Waals surface area contributed by atoms with Crippen LogP contribution in [0.3, 0.4) is 0 Å². The lowest BCUT2D eigenvalue weighted by Gasteiger charge is -2.22. The summed E-state index contributed by atoms with van der Waals surface area (Å²) in [5.74, 6) is -0.144. The Morgan fingerprint density at radius 2 is 2.10 bits per heavy atom. The van der Waals surface area contributed by atoms with Crippen LogP contribution >= 0.6 is 34.3 Å². The van der Waals surface area contributed by atoms with Crippen molar-refractivity contribution in [3.8, 4) is 0 Å². The number of hydrogen-bond acceptors (Lipinski definition) is 6. The van der Waals surface area contributed by atoms with Gasteiger partial charge in [-0.1, -0.05) is 41.1 Å². The van der Waals surface area contributed by atoms with Gasteiger partial charge in [-0.15, -0.1) is 11.3 Å². The maximum absolute atomic E-state index is 13.5. The molecule has 4 aromatic rings. The van der Waals surface area contributed by atoms with Gasteiger partial charge in [-0.25, -0.2) is 9.97 Å². The van der Waals surface area contributed by atoms with Crippen LogP contribution in [0.4, 0.5) is 5.13 Å². The first-order valence-electron chi connectivity index (χ1n) is 9.45. The number of carbonyl (C=O) groups is 1. The summed E-state index contributed by atoms with van der Waals surface area (Å²) in [5, 5.41) is 1.75. The summed E-state index contributed by atoms with van der Waals surface area (Å²) in [6.07, 6.45) is 1.96. The van der Waals surface area contributed by atoms with E-state index >= 15 is 0 Å². The minimum atomic E-state index is -0.144. The molecule has 1 unspecified atom stereocenters. The number of fused-ring (bicyclic) bond motifs is 2. The van der Waals surface area contributed by atoms with E-state index in [0.717, 1.165) is 45.4 Å². The van der Waals surface area contributed by atoms with E-state index in [1.54, 1.807) is 4.90 Å². The fourth-order valence-corrected chi connectivity index (χ4v) is 5.76. The van der Waals surface area contributed by atoms with E-state index < -0.39 is 0 Å². The first kappa shape index (κ1) is 18.9. The van der Waals surface area contributed by atoms with Gasteiger partial charge in [0, 0.05) is 6.61 Å². The highest BCUT2D eigenvalue weighted by molar-refractivity contribution is 7.23. The third-order valence-corrected chi connectivity index (χ3v) is 7.61. The molecule has 29 heavy (non-hydrogen) atoms. The topological polar surface area (TPSA) is 55.3 Å². The van der Waals surface area contributed by atoms with Crippen LogP contribution < -0.4 is 4.90 Å². The minimum absolute atomic E-state index is 0.0110. The first-order chi connectivity index (χ1) is 14.1. The highest BCUT2D eigenvalue weighted by atomic mass is 35.5. The summed E-state index contributed by atoms with van der Waals surface area (Å²) >= 11 is 9.25. The Kier molecular flexibility index (Phi) is 4.99. The Hall–Kier alpha value is -2.06. The second kappa shape index (κ2) is 7.65. The van der Waals surface area contributed by atoms with Crippen LogP contribution in [0.1, 0.15) is 28.2 Å². The fourth-order valence-electron chi connectivity index (χ4n) is 3.53.